The second-order valence-corrected chi connectivity index (χ2v) is 6.22. The lowest BCUT2D eigenvalue weighted by Gasteiger charge is -2.13. The maximum absolute atomic E-state index is 11.2. The Labute approximate surface area is 169 Å². The fourth-order valence-corrected chi connectivity index (χ4v) is 2.62. The van der Waals surface area contributed by atoms with Crippen molar-refractivity contribution in [1.29, 1.82) is 5.26 Å². The van der Waals surface area contributed by atoms with Gasteiger partial charge in [-0.05, 0) is 29.3 Å². The molecule has 0 radical (unpaired) electrons. The fraction of sp³-hybridized carbons (Fsp3) is 0.0833. The van der Waals surface area contributed by atoms with Crippen molar-refractivity contribution in [2.24, 2.45) is 0 Å². The van der Waals surface area contributed by atoms with E-state index < -0.39 is 5.97 Å². The number of nitrogens with zero attached hydrogens (tertiary/aromatic N) is 1. The summed E-state index contributed by atoms with van der Waals surface area (Å²) in [5, 5.41) is 18.2. The fourth-order valence-electron chi connectivity index (χ4n) is 2.62. The molecule has 0 heterocycles. The first-order valence-electron chi connectivity index (χ1n) is 8.98. The van der Waals surface area contributed by atoms with Gasteiger partial charge in [0.15, 0.2) is 0 Å². The smallest absolute Gasteiger partial charge is 0.346 e. The van der Waals surface area contributed by atoms with Gasteiger partial charge in [-0.3, -0.25) is 0 Å². The third kappa shape index (κ3) is 5.72. The molecule has 5 nitrogen and oxygen atoms in total. The number of hydrogen-bond donors (Lipinski definition) is 1. The molecule has 144 valence electrons. The number of nitriles is 1. The van der Waals surface area contributed by atoms with Gasteiger partial charge in [-0.1, -0.05) is 60.7 Å². The third-order valence-electron chi connectivity index (χ3n) is 4.12. The monoisotopic (exact) mass is 385 g/mol. The molecule has 3 rings (SSSR count). The van der Waals surface area contributed by atoms with Crippen molar-refractivity contribution in [2.45, 2.75) is 13.2 Å². The van der Waals surface area contributed by atoms with Gasteiger partial charge < -0.3 is 14.6 Å². The second-order valence-electron chi connectivity index (χ2n) is 6.22. The van der Waals surface area contributed by atoms with Crippen molar-refractivity contribution < 1.29 is 19.4 Å². The lowest BCUT2D eigenvalue weighted by molar-refractivity contribution is -0.132. The minimum Gasteiger partial charge on any atom is -0.489 e. The van der Waals surface area contributed by atoms with E-state index in [9.17, 15) is 4.79 Å². The van der Waals surface area contributed by atoms with Crippen molar-refractivity contribution in [2.75, 3.05) is 0 Å². The highest BCUT2D eigenvalue weighted by molar-refractivity contribution is 5.96. The average Bonchev–Trinajstić information content (AvgIpc) is 2.76. The van der Waals surface area contributed by atoms with Crippen LogP contribution in [0.15, 0.2) is 84.4 Å². The van der Waals surface area contributed by atoms with E-state index in [0.29, 0.717) is 30.3 Å². The van der Waals surface area contributed by atoms with Crippen LogP contribution in [0.4, 0.5) is 0 Å². The second kappa shape index (κ2) is 9.77. The molecule has 0 aliphatic carbocycles. The largest absolute Gasteiger partial charge is 0.489 e. The molecule has 3 aromatic rings. The summed E-state index contributed by atoms with van der Waals surface area (Å²) in [6.07, 6.45) is 1.30. The predicted molar refractivity (Wildman–Crippen MR) is 109 cm³/mol. The normalized spacial score (nSPS) is 10.8. The van der Waals surface area contributed by atoms with Gasteiger partial charge in [0.2, 0.25) is 0 Å². The topological polar surface area (TPSA) is 79.5 Å². The lowest BCUT2D eigenvalue weighted by atomic mass is 10.1. The summed E-state index contributed by atoms with van der Waals surface area (Å²) in [7, 11) is 0. The molecule has 0 atom stereocenters. The molecule has 29 heavy (non-hydrogen) atoms. The first-order valence-corrected chi connectivity index (χ1v) is 8.98. The Bertz CT molecular complexity index is 1040. The van der Waals surface area contributed by atoms with Crippen LogP contribution in [0.5, 0.6) is 11.5 Å². The molecular weight excluding hydrogens is 366 g/mol. The molecule has 0 aliphatic rings. The van der Waals surface area contributed by atoms with Crippen LogP contribution in [-0.4, -0.2) is 11.1 Å². The van der Waals surface area contributed by atoms with Gasteiger partial charge in [0.25, 0.3) is 0 Å². The summed E-state index contributed by atoms with van der Waals surface area (Å²) in [5.41, 5.74) is 2.12. The standard InChI is InChI=1S/C24H19NO4/c25-15-21(24(26)27)13-20-11-12-22(28-16-18-7-3-1-4-8-18)14-23(20)29-17-19-9-5-2-6-10-19/h1-14H,16-17H2,(H,26,27). The van der Waals surface area contributed by atoms with Crippen molar-refractivity contribution in [3.8, 4) is 17.6 Å². The van der Waals surface area contributed by atoms with E-state index in [1.807, 2.05) is 60.7 Å². The highest BCUT2D eigenvalue weighted by Gasteiger charge is 2.11. The van der Waals surface area contributed by atoms with E-state index in [1.54, 1.807) is 24.3 Å². The number of aliphatic carboxylic acids is 1. The maximum atomic E-state index is 11.2. The molecule has 0 aromatic heterocycles. The number of benzene rings is 3. The first-order chi connectivity index (χ1) is 14.2. The molecule has 1 N–H and O–H groups in total. The SMILES string of the molecule is N#CC(=Cc1ccc(OCc2ccccc2)cc1OCc1ccccc1)C(=O)O. The molecule has 0 unspecified atom stereocenters. The molecule has 0 fully saturated rings. The van der Waals surface area contributed by atoms with Crippen molar-refractivity contribution in [3.05, 3.63) is 101 Å². The van der Waals surface area contributed by atoms with Crippen LogP contribution < -0.4 is 9.47 Å². The number of carboxylic acid groups (broad SMARTS) is 1. The number of hydrogen-bond acceptors (Lipinski definition) is 4. The minimum absolute atomic E-state index is 0.304. The number of ether oxygens (including phenoxy) is 2. The van der Waals surface area contributed by atoms with E-state index in [0.717, 1.165) is 11.1 Å². The number of rotatable bonds is 8. The van der Waals surface area contributed by atoms with E-state index in [-0.39, 0.29) is 5.57 Å². The van der Waals surface area contributed by atoms with Crippen LogP contribution >= 0.6 is 0 Å². The summed E-state index contributed by atoms with van der Waals surface area (Å²) in [6, 6.07) is 26.2. The third-order valence-corrected chi connectivity index (χ3v) is 4.12. The van der Waals surface area contributed by atoms with E-state index in [2.05, 4.69) is 0 Å². The van der Waals surface area contributed by atoms with Gasteiger partial charge in [0.1, 0.15) is 36.4 Å². The molecule has 0 saturated carbocycles. The maximum Gasteiger partial charge on any atom is 0.346 e. The van der Waals surface area contributed by atoms with Crippen LogP contribution in [0.3, 0.4) is 0 Å². The lowest BCUT2D eigenvalue weighted by Crippen LogP contribution is -2.01. The van der Waals surface area contributed by atoms with Crippen LogP contribution in [0.1, 0.15) is 16.7 Å². The molecule has 0 bridgehead atoms. The van der Waals surface area contributed by atoms with Crippen molar-refractivity contribution in [1.82, 2.24) is 0 Å². The highest BCUT2D eigenvalue weighted by Crippen LogP contribution is 2.28. The van der Waals surface area contributed by atoms with Crippen LogP contribution in [0.25, 0.3) is 6.08 Å². The Morgan fingerprint density at radius 2 is 1.48 bits per heavy atom. The minimum atomic E-state index is -1.29. The Kier molecular flexibility index (Phi) is 6.64. The zero-order chi connectivity index (χ0) is 20.5. The van der Waals surface area contributed by atoms with E-state index >= 15 is 0 Å². The quantitative estimate of drug-likeness (QED) is 0.443. The van der Waals surface area contributed by atoms with Gasteiger partial charge in [0.05, 0.1) is 0 Å². The summed E-state index contributed by atoms with van der Waals surface area (Å²) < 4.78 is 11.8. The van der Waals surface area contributed by atoms with E-state index in [1.165, 1.54) is 6.08 Å². The first kappa shape index (κ1) is 19.7. The van der Waals surface area contributed by atoms with Gasteiger partial charge in [-0.15, -0.1) is 0 Å². The van der Waals surface area contributed by atoms with Crippen molar-refractivity contribution >= 4 is 12.0 Å². The van der Waals surface area contributed by atoms with Gasteiger partial charge in [0, 0.05) is 11.6 Å². The summed E-state index contributed by atoms with van der Waals surface area (Å²) in [4.78, 5) is 11.2. The van der Waals surface area contributed by atoms with Gasteiger partial charge in [-0.2, -0.15) is 5.26 Å². The van der Waals surface area contributed by atoms with E-state index in [4.69, 9.17) is 19.8 Å². The molecular formula is C24H19NO4. The molecule has 0 saturated heterocycles. The molecule has 3 aromatic carbocycles. The molecule has 5 heteroatoms. The van der Waals surface area contributed by atoms with Crippen LogP contribution in [0, 0.1) is 11.3 Å². The summed E-state index contributed by atoms with van der Waals surface area (Å²) in [5.74, 6) is -0.262. The Morgan fingerprint density at radius 3 is 2.03 bits per heavy atom. The summed E-state index contributed by atoms with van der Waals surface area (Å²) >= 11 is 0. The zero-order valence-electron chi connectivity index (χ0n) is 15.6. The molecule has 0 aliphatic heterocycles. The number of carbonyl (C=O) groups is 1. The van der Waals surface area contributed by atoms with Crippen molar-refractivity contribution in [3.63, 3.8) is 0 Å². The Balaban J connectivity index is 1.84. The summed E-state index contributed by atoms with van der Waals surface area (Å²) in [6.45, 7) is 0.700. The van der Waals surface area contributed by atoms with Crippen LogP contribution in [0.2, 0.25) is 0 Å². The molecule has 0 amide bonds. The zero-order valence-corrected chi connectivity index (χ0v) is 15.6. The average molecular weight is 385 g/mol. The highest BCUT2D eigenvalue weighted by atomic mass is 16.5. The predicted octanol–water partition coefficient (Wildman–Crippen LogP) is 4.84. The van der Waals surface area contributed by atoms with Crippen LogP contribution in [-0.2, 0) is 18.0 Å². The van der Waals surface area contributed by atoms with Gasteiger partial charge >= 0.3 is 5.97 Å². The van der Waals surface area contributed by atoms with Gasteiger partial charge in [-0.25, -0.2) is 4.79 Å². The Hall–Kier alpha value is -4.04. The number of carboxylic acids is 1. The Morgan fingerprint density at radius 1 is 0.897 bits per heavy atom. The molecule has 0 spiro atoms.